The minimum Gasteiger partial charge on any atom is -0.399 e. The fourth-order valence-electron chi connectivity index (χ4n) is 1.53. The highest BCUT2D eigenvalue weighted by atomic mass is 127. The third kappa shape index (κ3) is 2.51. The molecular formula is C13H11I2N. The second-order valence-corrected chi connectivity index (χ2v) is 6.02. The van der Waals surface area contributed by atoms with Crippen LogP contribution < -0.4 is 5.73 Å². The normalized spacial score (nSPS) is 10.4. The van der Waals surface area contributed by atoms with Gasteiger partial charge in [0.05, 0.1) is 0 Å². The highest BCUT2D eigenvalue weighted by Gasteiger charge is 2.02. The quantitative estimate of drug-likeness (QED) is 0.520. The van der Waals surface area contributed by atoms with Gasteiger partial charge in [0.2, 0.25) is 0 Å². The minimum absolute atomic E-state index is 0.851. The van der Waals surface area contributed by atoms with Crippen molar-refractivity contribution in [1.82, 2.24) is 0 Å². The van der Waals surface area contributed by atoms with E-state index in [4.69, 9.17) is 5.73 Å². The summed E-state index contributed by atoms with van der Waals surface area (Å²) in [5, 5.41) is 0. The Kier molecular flexibility index (Phi) is 3.73. The van der Waals surface area contributed by atoms with Gasteiger partial charge in [0.25, 0.3) is 0 Å². The van der Waals surface area contributed by atoms with Gasteiger partial charge in [-0.3, -0.25) is 0 Å². The van der Waals surface area contributed by atoms with Crippen LogP contribution in [0.1, 0.15) is 5.56 Å². The molecule has 0 aliphatic carbocycles. The summed E-state index contributed by atoms with van der Waals surface area (Å²) in [6.07, 6.45) is 0. The van der Waals surface area contributed by atoms with Gasteiger partial charge in [-0.05, 0) is 93.1 Å². The van der Waals surface area contributed by atoms with Gasteiger partial charge >= 0.3 is 0 Å². The number of aryl methyl sites for hydroxylation is 1. The highest BCUT2D eigenvalue weighted by Crippen LogP contribution is 2.26. The van der Waals surface area contributed by atoms with Crippen molar-refractivity contribution in [3.63, 3.8) is 0 Å². The van der Waals surface area contributed by atoms with Gasteiger partial charge < -0.3 is 5.73 Å². The number of halogens is 2. The smallest absolute Gasteiger partial charge is 0.0344 e. The molecule has 0 aliphatic heterocycles. The molecule has 0 spiro atoms. The number of rotatable bonds is 1. The third-order valence-corrected chi connectivity index (χ3v) is 5.39. The first-order valence-corrected chi connectivity index (χ1v) is 7.05. The molecule has 2 aromatic carbocycles. The Bertz CT molecular complexity index is 486. The molecule has 2 rings (SSSR count). The van der Waals surface area contributed by atoms with Crippen molar-refractivity contribution in [2.75, 3.05) is 5.73 Å². The van der Waals surface area contributed by atoms with E-state index in [1.54, 1.807) is 0 Å². The SMILES string of the molecule is Cc1cc(-c2ccc(I)c(I)c2)ccc1N. The first-order chi connectivity index (χ1) is 7.58. The van der Waals surface area contributed by atoms with E-state index in [-0.39, 0.29) is 0 Å². The van der Waals surface area contributed by atoms with Crippen LogP contribution in [0.2, 0.25) is 0 Å². The Morgan fingerprint density at radius 1 is 0.875 bits per heavy atom. The summed E-state index contributed by atoms with van der Waals surface area (Å²) in [6, 6.07) is 12.7. The molecule has 2 aromatic rings. The topological polar surface area (TPSA) is 26.0 Å². The van der Waals surface area contributed by atoms with Gasteiger partial charge in [0.1, 0.15) is 0 Å². The minimum atomic E-state index is 0.851. The lowest BCUT2D eigenvalue weighted by atomic mass is 10.0. The third-order valence-electron chi connectivity index (χ3n) is 2.52. The zero-order valence-electron chi connectivity index (χ0n) is 8.80. The zero-order chi connectivity index (χ0) is 11.7. The number of benzene rings is 2. The lowest BCUT2D eigenvalue weighted by molar-refractivity contribution is 1.46. The standard InChI is InChI=1S/C13H11I2N/c1-8-6-9(3-5-13(8)16)10-2-4-11(14)12(15)7-10/h2-7H,16H2,1H3. The maximum absolute atomic E-state index is 5.82. The molecule has 82 valence electrons. The van der Waals surface area contributed by atoms with Crippen LogP contribution in [0.25, 0.3) is 11.1 Å². The second-order valence-electron chi connectivity index (χ2n) is 3.70. The van der Waals surface area contributed by atoms with Crippen molar-refractivity contribution >= 4 is 50.9 Å². The number of nitrogens with two attached hydrogens (primary N) is 1. The Morgan fingerprint density at radius 2 is 1.50 bits per heavy atom. The molecule has 16 heavy (non-hydrogen) atoms. The van der Waals surface area contributed by atoms with Crippen molar-refractivity contribution in [2.45, 2.75) is 6.92 Å². The van der Waals surface area contributed by atoms with Crippen LogP contribution in [-0.2, 0) is 0 Å². The van der Waals surface area contributed by atoms with E-state index in [0.29, 0.717) is 0 Å². The maximum atomic E-state index is 5.82. The monoisotopic (exact) mass is 435 g/mol. The van der Waals surface area contributed by atoms with Crippen LogP contribution in [0, 0.1) is 14.1 Å². The van der Waals surface area contributed by atoms with E-state index in [2.05, 4.69) is 75.5 Å². The van der Waals surface area contributed by atoms with Gasteiger partial charge in [-0.2, -0.15) is 0 Å². The van der Waals surface area contributed by atoms with Gasteiger partial charge in [-0.15, -0.1) is 0 Å². The van der Waals surface area contributed by atoms with Gasteiger partial charge in [-0.25, -0.2) is 0 Å². The molecule has 0 amide bonds. The van der Waals surface area contributed by atoms with E-state index in [1.807, 2.05) is 13.0 Å². The Balaban J connectivity index is 2.50. The average Bonchev–Trinajstić information content (AvgIpc) is 2.26. The predicted octanol–water partition coefficient (Wildman–Crippen LogP) is 4.45. The van der Waals surface area contributed by atoms with Crippen LogP contribution in [0.3, 0.4) is 0 Å². The molecule has 0 fully saturated rings. The predicted molar refractivity (Wildman–Crippen MR) is 86.5 cm³/mol. The average molecular weight is 435 g/mol. The highest BCUT2D eigenvalue weighted by molar-refractivity contribution is 14.1. The van der Waals surface area contributed by atoms with E-state index in [9.17, 15) is 0 Å². The summed E-state index contributed by atoms with van der Waals surface area (Å²) in [7, 11) is 0. The van der Waals surface area contributed by atoms with Crippen molar-refractivity contribution in [2.24, 2.45) is 0 Å². The zero-order valence-corrected chi connectivity index (χ0v) is 13.1. The molecule has 0 heterocycles. The molecule has 0 aromatic heterocycles. The van der Waals surface area contributed by atoms with Gasteiger partial charge in [0.15, 0.2) is 0 Å². The van der Waals surface area contributed by atoms with Crippen molar-refractivity contribution in [3.05, 3.63) is 49.1 Å². The molecule has 0 atom stereocenters. The number of anilines is 1. The number of nitrogen functional groups attached to an aromatic ring is 1. The first-order valence-electron chi connectivity index (χ1n) is 4.89. The molecular weight excluding hydrogens is 424 g/mol. The van der Waals surface area contributed by atoms with Gasteiger partial charge in [-0.1, -0.05) is 12.1 Å². The molecule has 0 bridgehead atoms. The van der Waals surface area contributed by atoms with Crippen LogP contribution in [0.4, 0.5) is 5.69 Å². The van der Waals surface area contributed by atoms with Gasteiger partial charge in [0, 0.05) is 12.8 Å². The summed E-state index contributed by atoms with van der Waals surface area (Å²) in [6.45, 7) is 2.04. The first kappa shape index (κ1) is 12.2. The van der Waals surface area contributed by atoms with Crippen molar-refractivity contribution in [1.29, 1.82) is 0 Å². The van der Waals surface area contributed by atoms with Crippen LogP contribution in [-0.4, -0.2) is 0 Å². The Hall–Kier alpha value is -0.300. The molecule has 1 nitrogen and oxygen atoms in total. The van der Waals surface area contributed by atoms with Crippen molar-refractivity contribution < 1.29 is 0 Å². The van der Waals surface area contributed by atoms with Crippen LogP contribution in [0.5, 0.6) is 0 Å². The summed E-state index contributed by atoms with van der Waals surface area (Å²) in [5.74, 6) is 0. The lowest BCUT2D eigenvalue weighted by Crippen LogP contribution is -1.90. The van der Waals surface area contributed by atoms with Crippen LogP contribution >= 0.6 is 45.2 Å². The van der Waals surface area contributed by atoms with Crippen LogP contribution in [0.15, 0.2) is 36.4 Å². The molecule has 3 heteroatoms. The summed E-state index contributed by atoms with van der Waals surface area (Å²) >= 11 is 4.70. The molecule has 0 radical (unpaired) electrons. The molecule has 0 aliphatic rings. The molecule has 0 saturated carbocycles. The maximum Gasteiger partial charge on any atom is 0.0344 e. The summed E-state index contributed by atoms with van der Waals surface area (Å²) in [5.41, 5.74) is 10.3. The Labute approximate surface area is 123 Å². The summed E-state index contributed by atoms with van der Waals surface area (Å²) in [4.78, 5) is 0. The van der Waals surface area contributed by atoms with E-state index in [0.717, 1.165) is 11.3 Å². The molecule has 0 unspecified atom stereocenters. The van der Waals surface area contributed by atoms with Crippen molar-refractivity contribution in [3.8, 4) is 11.1 Å². The van der Waals surface area contributed by atoms with E-state index < -0.39 is 0 Å². The number of hydrogen-bond acceptors (Lipinski definition) is 1. The second kappa shape index (κ2) is 4.91. The fraction of sp³-hybridized carbons (Fsp3) is 0.0769. The Morgan fingerprint density at radius 3 is 2.12 bits per heavy atom. The fourth-order valence-corrected chi connectivity index (χ4v) is 2.38. The van der Waals surface area contributed by atoms with E-state index >= 15 is 0 Å². The molecule has 0 saturated heterocycles. The molecule has 2 N–H and O–H groups in total. The summed E-state index contributed by atoms with van der Waals surface area (Å²) < 4.78 is 2.57. The van der Waals surface area contributed by atoms with E-state index in [1.165, 1.54) is 18.3 Å². The largest absolute Gasteiger partial charge is 0.399 e. The number of hydrogen-bond donors (Lipinski definition) is 1. The lowest BCUT2D eigenvalue weighted by Gasteiger charge is -2.06.